The predicted octanol–water partition coefficient (Wildman–Crippen LogP) is 3.77. The molecule has 0 atom stereocenters. The molecule has 0 heterocycles. The Hall–Kier alpha value is -0.120. The Labute approximate surface area is 86.3 Å². The standard InChI is InChI=1S/C10H12FI/c1-2-3-4-8-5-6-9(11)7-10(8)12/h5-7H,2-4H2,1H3. The van der Waals surface area contributed by atoms with Crippen LogP contribution in [0.1, 0.15) is 25.3 Å². The third-order valence-electron chi connectivity index (χ3n) is 1.81. The van der Waals surface area contributed by atoms with Crippen molar-refractivity contribution in [2.45, 2.75) is 26.2 Å². The van der Waals surface area contributed by atoms with Gasteiger partial charge in [-0.1, -0.05) is 19.4 Å². The third kappa shape index (κ3) is 2.73. The van der Waals surface area contributed by atoms with Crippen molar-refractivity contribution in [1.29, 1.82) is 0 Å². The molecular weight excluding hydrogens is 266 g/mol. The summed E-state index contributed by atoms with van der Waals surface area (Å²) in [7, 11) is 0. The van der Waals surface area contributed by atoms with Crippen molar-refractivity contribution in [2.75, 3.05) is 0 Å². The van der Waals surface area contributed by atoms with Gasteiger partial charge in [-0.3, -0.25) is 0 Å². The molecule has 12 heavy (non-hydrogen) atoms. The van der Waals surface area contributed by atoms with Crippen LogP contribution in [-0.4, -0.2) is 0 Å². The van der Waals surface area contributed by atoms with Crippen LogP contribution in [0.4, 0.5) is 4.39 Å². The molecule has 1 aromatic rings. The smallest absolute Gasteiger partial charge is 0.124 e. The zero-order valence-electron chi connectivity index (χ0n) is 7.11. The molecule has 0 bridgehead atoms. The van der Waals surface area contributed by atoms with Gasteiger partial charge in [0.2, 0.25) is 0 Å². The number of hydrogen-bond donors (Lipinski definition) is 0. The van der Waals surface area contributed by atoms with E-state index >= 15 is 0 Å². The van der Waals surface area contributed by atoms with E-state index in [0.29, 0.717) is 0 Å². The first-order valence-corrected chi connectivity index (χ1v) is 5.26. The van der Waals surface area contributed by atoms with Gasteiger partial charge in [-0.25, -0.2) is 4.39 Å². The molecule has 0 aromatic heterocycles. The van der Waals surface area contributed by atoms with E-state index in [0.717, 1.165) is 9.99 Å². The Kier molecular flexibility index (Phi) is 3.98. The molecule has 0 saturated carbocycles. The van der Waals surface area contributed by atoms with Gasteiger partial charge in [0, 0.05) is 3.57 Å². The maximum Gasteiger partial charge on any atom is 0.124 e. The maximum absolute atomic E-state index is 12.7. The van der Waals surface area contributed by atoms with Gasteiger partial charge in [-0.15, -0.1) is 0 Å². The van der Waals surface area contributed by atoms with Crippen molar-refractivity contribution >= 4 is 22.6 Å². The van der Waals surface area contributed by atoms with Gasteiger partial charge in [0.25, 0.3) is 0 Å². The van der Waals surface area contributed by atoms with Crippen LogP contribution in [0.5, 0.6) is 0 Å². The predicted molar refractivity (Wildman–Crippen MR) is 57.7 cm³/mol. The van der Waals surface area contributed by atoms with E-state index in [-0.39, 0.29) is 5.82 Å². The fraction of sp³-hybridized carbons (Fsp3) is 0.400. The highest BCUT2D eigenvalue weighted by Crippen LogP contribution is 2.15. The minimum Gasteiger partial charge on any atom is -0.207 e. The average molecular weight is 278 g/mol. The lowest BCUT2D eigenvalue weighted by molar-refractivity contribution is 0.625. The second-order valence-corrected chi connectivity index (χ2v) is 4.00. The van der Waals surface area contributed by atoms with Crippen LogP contribution in [0.25, 0.3) is 0 Å². The number of unbranched alkanes of at least 4 members (excludes halogenated alkanes) is 1. The highest BCUT2D eigenvalue weighted by atomic mass is 127. The van der Waals surface area contributed by atoms with E-state index < -0.39 is 0 Å². The molecule has 0 aliphatic carbocycles. The second-order valence-electron chi connectivity index (χ2n) is 2.84. The Balaban J connectivity index is 2.72. The molecule has 0 spiro atoms. The first-order valence-electron chi connectivity index (χ1n) is 4.18. The summed E-state index contributed by atoms with van der Waals surface area (Å²) < 4.78 is 13.7. The lowest BCUT2D eigenvalue weighted by atomic mass is 10.1. The zero-order chi connectivity index (χ0) is 8.97. The van der Waals surface area contributed by atoms with E-state index in [2.05, 4.69) is 29.5 Å². The minimum atomic E-state index is -0.139. The monoisotopic (exact) mass is 278 g/mol. The van der Waals surface area contributed by atoms with Crippen LogP contribution >= 0.6 is 22.6 Å². The van der Waals surface area contributed by atoms with Gasteiger partial charge in [-0.2, -0.15) is 0 Å². The molecule has 0 fully saturated rings. The summed E-state index contributed by atoms with van der Waals surface area (Å²) >= 11 is 2.19. The van der Waals surface area contributed by atoms with E-state index in [1.165, 1.54) is 24.5 Å². The summed E-state index contributed by atoms with van der Waals surface area (Å²) in [6, 6.07) is 5.01. The summed E-state index contributed by atoms with van der Waals surface area (Å²) in [6.07, 6.45) is 3.43. The van der Waals surface area contributed by atoms with E-state index in [9.17, 15) is 4.39 Å². The quantitative estimate of drug-likeness (QED) is 0.738. The van der Waals surface area contributed by atoms with Gasteiger partial charge in [0.1, 0.15) is 5.82 Å². The molecule has 1 rings (SSSR count). The summed E-state index contributed by atoms with van der Waals surface area (Å²) in [6.45, 7) is 2.16. The van der Waals surface area contributed by atoms with Crippen molar-refractivity contribution in [1.82, 2.24) is 0 Å². The number of hydrogen-bond acceptors (Lipinski definition) is 0. The van der Waals surface area contributed by atoms with E-state index in [1.54, 1.807) is 6.07 Å². The largest absolute Gasteiger partial charge is 0.207 e. The molecule has 0 aliphatic rings. The first kappa shape index (κ1) is 9.96. The van der Waals surface area contributed by atoms with Gasteiger partial charge in [-0.05, 0) is 53.1 Å². The molecule has 0 unspecified atom stereocenters. The molecule has 2 heteroatoms. The summed E-state index contributed by atoms with van der Waals surface area (Å²) in [5.41, 5.74) is 1.26. The molecular formula is C10H12FI. The van der Waals surface area contributed by atoms with Crippen LogP contribution in [0.3, 0.4) is 0 Å². The molecule has 1 aromatic carbocycles. The van der Waals surface area contributed by atoms with Crippen LogP contribution in [0.15, 0.2) is 18.2 Å². The number of benzene rings is 1. The van der Waals surface area contributed by atoms with Gasteiger partial charge in [0.05, 0.1) is 0 Å². The van der Waals surface area contributed by atoms with Crippen molar-refractivity contribution in [3.8, 4) is 0 Å². The number of rotatable bonds is 3. The zero-order valence-corrected chi connectivity index (χ0v) is 9.27. The number of aryl methyl sites for hydroxylation is 1. The summed E-state index contributed by atoms with van der Waals surface area (Å²) in [5, 5.41) is 0. The normalized spacial score (nSPS) is 10.2. The molecule has 0 aliphatic heterocycles. The molecule has 0 N–H and O–H groups in total. The summed E-state index contributed by atoms with van der Waals surface area (Å²) in [5.74, 6) is -0.139. The lowest BCUT2D eigenvalue weighted by Crippen LogP contribution is -1.89. The Bertz CT molecular complexity index is 258. The van der Waals surface area contributed by atoms with Crippen LogP contribution in [-0.2, 0) is 6.42 Å². The highest BCUT2D eigenvalue weighted by molar-refractivity contribution is 14.1. The third-order valence-corrected chi connectivity index (χ3v) is 2.82. The van der Waals surface area contributed by atoms with Gasteiger partial charge < -0.3 is 0 Å². The Morgan fingerprint density at radius 2 is 2.17 bits per heavy atom. The SMILES string of the molecule is CCCCc1ccc(F)cc1I. The fourth-order valence-corrected chi connectivity index (χ4v) is 1.84. The topological polar surface area (TPSA) is 0 Å². The highest BCUT2D eigenvalue weighted by Gasteiger charge is 1.99. The lowest BCUT2D eigenvalue weighted by Gasteiger charge is -2.02. The average Bonchev–Trinajstić information content (AvgIpc) is 2.03. The molecule has 66 valence electrons. The molecule has 0 radical (unpaired) electrons. The fourth-order valence-electron chi connectivity index (χ4n) is 1.09. The van der Waals surface area contributed by atoms with Crippen molar-refractivity contribution < 1.29 is 4.39 Å². The molecule has 0 nitrogen and oxygen atoms in total. The molecule has 0 amide bonds. The van der Waals surface area contributed by atoms with Crippen molar-refractivity contribution in [3.63, 3.8) is 0 Å². The number of halogens is 2. The van der Waals surface area contributed by atoms with Gasteiger partial charge >= 0.3 is 0 Å². The Morgan fingerprint density at radius 3 is 2.75 bits per heavy atom. The van der Waals surface area contributed by atoms with Crippen LogP contribution < -0.4 is 0 Å². The minimum absolute atomic E-state index is 0.139. The van der Waals surface area contributed by atoms with Crippen molar-refractivity contribution in [3.05, 3.63) is 33.1 Å². The first-order chi connectivity index (χ1) is 5.74. The molecule has 0 saturated heterocycles. The summed E-state index contributed by atoms with van der Waals surface area (Å²) in [4.78, 5) is 0. The van der Waals surface area contributed by atoms with Gasteiger partial charge in [0.15, 0.2) is 0 Å². The maximum atomic E-state index is 12.7. The van der Waals surface area contributed by atoms with Crippen LogP contribution in [0, 0.1) is 9.39 Å². The van der Waals surface area contributed by atoms with Crippen molar-refractivity contribution in [2.24, 2.45) is 0 Å². The Morgan fingerprint density at radius 1 is 1.42 bits per heavy atom. The van der Waals surface area contributed by atoms with E-state index in [4.69, 9.17) is 0 Å². The van der Waals surface area contributed by atoms with Crippen LogP contribution in [0.2, 0.25) is 0 Å². The second kappa shape index (κ2) is 4.80. The van der Waals surface area contributed by atoms with E-state index in [1.807, 2.05) is 6.07 Å².